The zero-order valence-corrected chi connectivity index (χ0v) is 13.7. The lowest BCUT2D eigenvalue weighted by atomic mass is 9.96. The van der Waals surface area contributed by atoms with Gasteiger partial charge in [0.05, 0.1) is 12.2 Å². The number of carbonyl (C=O) groups is 2. The summed E-state index contributed by atoms with van der Waals surface area (Å²) in [5.74, 6) is 0.186. The van der Waals surface area contributed by atoms with Crippen molar-refractivity contribution in [3.8, 4) is 0 Å². The van der Waals surface area contributed by atoms with Crippen LogP contribution in [0.4, 0.5) is 9.93 Å². The highest BCUT2D eigenvalue weighted by molar-refractivity contribution is 7.13. The highest BCUT2D eigenvalue weighted by Crippen LogP contribution is 2.43. The molecular formula is C15H20N4O2S. The zero-order valence-electron chi connectivity index (χ0n) is 12.8. The van der Waals surface area contributed by atoms with Crippen molar-refractivity contribution < 1.29 is 9.59 Å². The first kappa shape index (κ1) is 14.0. The lowest BCUT2D eigenvalue weighted by Gasteiger charge is -2.20. The molecule has 3 amide bonds. The Hall–Kier alpha value is -1.63. The number of urea groups is 1. The smallest absolute Gasteiger partial charge is 0.325 e. The molecule has 1 N–H and O–H groups in total. The van der Waals surface area contributed by atoms with Crippen LogP contribution in [0.5, 0.6) is 0 Å². The minimum atomic E-state index is -0.708. The molecule has 1 saturated heterocycles. The first-order valence-corrected chi connectivity index (χ1v) is 8.68. The molecule has 0 radical (unpaired) electrons. The van der Waals surface area contributed by atoms with E-state index in [4.69, 9.17) is 0 Å². The fourth-order valence-corrected chi connectivity index (χ4v) is 3.96. The number of anilines is 1. The summed E-state index contributed by atoms with van der Waals surface area (Å²) >= 11 is 1.58. The van der Waals surface area contributed by atoms with E-state index >= 15 is 0 Å². The topological polar surface area (TPSA) is 65.5 Å². The third-order valence-electron chi connectivity index (χ3n) is 4.95. The minimum absolute atomic E-state index is 0.106. The maximum Gasteiger partial charge on any atom is 0.325 e. The van der Waals surface area contributed by atoms with E-state index < -0.39 is 5.54 Å². The summed E-state index contributed by atoms with van der Waals surface area (Å²) in [6.07, 6.45) is 4.48. The van der Waals surface area contributed by atoms with E-state index in [1.54, 1.807) is 11.3 Å². The number of nitrogens with one attached hydrogen (secondary N) is 1. The van der Waals surface area contributed by atoms with Gasteiger partial charge >= 0.3 is 6.03 Å². The maximum atomic E-state index is 12.6. The van der Waals surface area contributed by atoms with Gasteiger partial charge in [-0.3, -0.25) is 9.69 Å². The van der Waals surface area contributed by atoms with Crippen molar-refractivity contribution in [1.29, 1.82) is 0 Å². The van der Waals surface area contributed by atoms with E-state index in [2.05, 4.69) is 22.2 Å². The Kier molecular flexibility index (Phi) is 2.98. The second-order valence-electron chi connectivity index (χ2n) is 6.76. The van der Waals surface area contributed by atoms with Crippen LogP contribution in [0.3, 0.4) is 0 Å². The summed E-state index contributed by atoms with van der Waals surface area (Å²) < 4.78 is 0. The number of nitrogens with zero attached hydrogens (tertiary/aromatic N) is 3. The molecule has 3 fully saturated rings. The van der Waals surface area contributed by atoms with Crippen LogP contribution in [0, 0.1) is 5.92 Å². The number of hydrogen-bond donors (Lipinski definition) is 1. The number of imide groups is 1. The van der Waals surface area contributed by atoms with Crippen molar-refractivity contribution in [2.24, 2.45) is 5.92 Å². The van der Waals surface area contributed by atoms with Gasteiger partial charge in [-0.05, 0) is 38.5 Å². The fourth-order valence-electron chi connectivity index (χ4n) is 3.11. The molecule has 1 aromatic heterocycles. The second-order valence-corrected chi connectivity index (χ2v) is 7.60. The molecule has 6 nitrogen and oxygen atoms in total. The fraction of sp³-hybridized carbons (Fsp3) is 0.667. The molecule has 2 aliphatic carbocycles. The lowest BCUT2D eigenvalue weighted by Crippen LogP contribution is -2.46. The predicted molar refractivity (Wildman–Crippen MR) is 83.7 cm³/mol. The molecule has 7 heteroatoms. The quantitative estimate of drug-likeness (QED) is 0.842. The van der Waals surface area contributed by atoms with Crippen molar-refractivity contribution in [2.75, 3.05) is 11.9 Å². The molecule has 0 unspecified atom stereocenters. The van der Waals surface area contributed by atoms with Crippen molar-refractivity contribution in [2.45, 2.75) is 50.7 Å². The van der Waals surface area contributed by atoms with Crippen LogP contribution in [0.2, 0.25) is 0 Å². The van der Waals surface area contributed by atoms with E-state index in [0.717, 1.165) is 23.7 Å². The van der Waals surface area contributed by atoms with Gasteiger partial charge in [0.15, 0.2) is 5.13 Å². The van der Waals surface area contributed by atoms with E-state index in [9.17, 15) is 9.59 Å². The van der Waals surface area contributed by atoms with Crippen molar-refractivity contribution in [3.63, 3.8) is 0 Å². The van der Waals surface area contributed by atoms with E-state index in [-0.39, 0.29) is 18.5 Å². The lowest BCUT2D eigenvalue weighted by molar-refractivity contribution is -0.131. The standard InChI is InChI=1S/C15H20N4O2S/c1-15(9-3-4-9)12(20)19(13(21)17-15)7-10-8-22-14(16-10)18(2)11-5-6-11/h8-9,11H,3-7H2,1-2H3,(H,17,21)/t15-/m0/s1. The highest BCUT2D eigenvalue weighted by atomic mass is 32.1. The van der Waals surface area contributed by atoms with Crippen LogP contribution in [-0.2, 0) is 11.3 Å². The molecule has 0 spiro atoms. The number of hydrogen-bond acceptors (Lipinski definition) is 5. The second kappa shape index (κ2) is 4.68. The Morgan fingerprint density at radius 3 is 2.77 bits per heavy atom. The zero-order chi connectivity index (χ0) is 15.5. The van der Waals surface area contributed by atoms with Crippen LogP contribution in [0.15, 0.2) is 5.38 Å². The summed E-state index contributed by atoms with van der Waals surface area (Å²) in [4.78, 5) is 32.8. The number of rotatable bonds is 5. The number of carbonyl (C=O) groups excluding carboxylic acids is 2. The summed E-state index contributed by atoms with van der Waals surface area (Å²) in [7, 11) is 2.05. The number of aromatic nitrogens is 1. The molecule has 1 atom stereocenters. The number of thiazole rings is 1. The Bertz CT molecular complexity index is 637. The van der Waals surface area contributed by atoms with Crippen molar-refractivity contribution in [3.05, 3.63) is 11.1 Å². The van der Waals surface area contributed by atoms with E-state index in [1.807, 2.05) is 12.3 Å². The molecular weight excluding hydrogens is 300 g/mol. The molecule has 1 aliphatic heterocycles. The van der Waals surface area contributed by atoms with Gasteiger partial charge in [-0.2, -0.15) is 0 Å². The monoisotopic (exact) mass is 320 g/mol. The van der Waals surface area contributed by atoms with Gasteiger partial charge in [0.1, 0.15) is 5.54 Å². The third kappa shape index (κ3) is 2.18. The first-order valence-electron chi connectivity index (χ1n) is 7.80. The Labute approximate surface area is 133 Å². The molecule has 2 saturated carbocycles. The molecule has 22 heavy (non-hydrogen) atoms. The Morgan fingerprint density at radius 1 is 1.41 bits per heavy atom. The van der Waals surface area contributed by atoms with Crippen LogP contribution in [-0.4, -0.2) is 40.5 Å². The van der Waals surface area contributed by atoms with Gasteiger partial charge < -0.3 is 10.2 Å². The van der Waals surface area contributed by atoms with Gasteiger partial charge in [0.2, 0.25) is 0 Å². The molecule has 2 heterocycles. The average Bonchev–Trinajstić information content (AvgIpc) is 3.38. The van der Waals surface area contributed by atoms with Gasteiger partial charge in [0.25, 0.3) is 5.91 Å². The molecule has 1 aromatic rings. The maximum absolute atomic E-state index is 12.6. The van der Waals surface area contributed by atoms with Gasteiger partial charge in [-0.15, -0.1) is 11.3 Å². The Morgan fingerprint density at radius 2 is 2.14 bits per heavy atom. The first-order chi connectivity index (χ1) is 10.5. The van der Waals surface area contributed by atoms with E-state index in [1.165, 1.54) is 17.7 Å². The molecule has 4 rings (SSSR count). The SMILES string of the molecule is CN(c1nc(CN2C(=O)N[C@@](C)(C3CC3)C2=O)cs1)C1CC1. The van der Waals surface area contributed by atoms with Gasteiger partial charge in [0, 0.05) is 18.5 Å². The summed E-state index contributed by atoms with van der Waals surface area (Å²) in [6, 6.07) is 0.318. The minimum Gasteiger partial charge on any atom is -0.348 e. The predicted octanol–water partition coefficient (Wildman–Crippen LogP) is 1.96. The normalized spacial score (nSPS) is 28.2. The Balaban J connectivity index is 1.48. The summed E-state index contributed by atoms with van der Waals surface area (Å²) in [6.45, 7) is 2.11. The molecule has 118 valence electrons. The third-order valence-corrected chi connectivity index (χ3v) is 5.93. The van der Waals surface area contributed by atoms with Crippen LogP contribution < -0.4 is 10.2 Å². The van der Waals surface area contributed by atoms with Crippen LogP contribution in [0.25, 0.3) is 0 Å². The molecule has 3 aliphatic rings. The molecule has 0 aromatic carbocycles. The summed E-state index contributed by atoms with van der Waals surface area (Å²) in [5, 5.41) is 5.79. The van der Waals surface area contributed by atoms with Crippen molar-refractivity contribution in [1.82, 2.24) is 15.2 Å². The highest BCUT2D eigenvalue weighted by Gasteiger charge is 2.55. The average molecular weight is 320 g/mol. The molecule has 0 bridgehead atoms. The van der Waals surface area contributed by atoms with Gasteiger partial charge in [-0.25, -0.2) is 9.78 Å². The van der Waals surface area contributed by atoms with Crippen LogP contribution >= 0.6 is 11.3 Å². The summed E-state index contributed by atoms with van der Waals surface area (Å²) in [5.41, 5.74) is 0.0804. The largest absolute Gasteiger partial charge is 0.348 e. The van der Waals surface area contributed by atoms with Crippen LogP contribution in [0.1, 0.15) is 38.3 Å². The van der Waals surface area contributed by atoms with Gasteiger partial charge in [-0.1, -0.05) is 0 Å². The van der Waals surface area contributed by atoms with E-state index in [0.29, 0.717) is 12.0 Å². The number of amides is 3. The van der Waals surface area contributed by atoms with Crippen molar-refractivity contribution >= 4 is 28.4 Å².